The first kappa shape index (κ1) is 23.1. The molecule has 1 aliphatic heterocycles. The van der Waals surface area contributed by atoms with E-state index in [1.54, 1.807) is 13.0 Å². The van der Waals surface area contributed by atoms with Crippen molar-refractivity contribution >= 4 is 27.3 Å². The minimum Gasteiger partial charge on any atom is -0.376 e. The molecule has 0 spiro atoms. The van der Waals surface area contributed by atoms with E-state index >= 15 is 0 Å². The molecule has 0 aromatic heterocycles. The van der Waals surface area contributed by atoms with Gasteiger partial charge in [0.1, 0.15) is 0 Å². The number of halogens is 3. The zero-order chi connectivity index (χ0) is 22.6. The van der Waals surface area contributed by atoms with E-state index in [1.807, 2.05) is 0 Å². The van der Waals surface area contributed by atoms with Gasteiger partial charge in [0, 0.05) is 18.8 Å². The summed E-state index contributed by atoms with van der Waals surface area (Å²) in [7, 11) is -3.64. The van der Waals surface area contributed by atoms with Crippen molar-refractivity contribution in [3.05, 3.63) is 53.6 Å². The number of carbonyl (C=O) groups excluding carboxylic acids is 1. The molecule has 0 aliphatic carbocycles. The normalized spacial score (nSPS) is 15.5. The Labute approximate surface area is 179 Å². The van der Waals surface area contributed by atoms with Crippen molar-refractivity contribution in [2.24, 2.45) is 0 Å². The molecule has 6 nitrogen and oxygen atoms in total. The van der Waals surface area contributed by atoms with E-state index in [4.69, 9.17) is 0 Å². The summed E-state index contributed by atoms with van der Waals surface area (Å²) in [6.45, 7) is 2.37. The van der Waals surface area contributed by atoms with Crippen molar-refractivity contribution in [2.75, 3.05) is 30.3 Å². The number of nitrogens with zero attached hydrogens (tertiary/aromatic N) is 1. The molecule has 0 saturated carbocycles. The molecule has 2 aromatic carbocycles. The van der Waals surface area contributed by atoms with Gasteiger partial charge in [0.05, 0.1) is 22.7 Å². The molecule has 0 atom stereocenters. The summed E-state index contributed by atoms with van der Waals surface area (Å²) in [6.07, 6.45) is -1.96. The van der Waals surface area contributed by atoms with Crippen LogP contribution in [0.3, 0.4) is 0 Å². The van der Waals surface area contributed by atoms with Crippen LogP contribution in [0.25, 0.3) is 0 Å². The van der Waals surface area contributed by atoms with Crippen LogP contribution in [-0.2, 0) is 21.0 Å². The minimum absolute atomic E-state index is 0.116. The van der Waals surface area contributed by atoms with Crippen molar-refractivity contribution in [1.29, 1.82) is 0 Å². The predicted octanol–water partition coefficient (Wildman–Crippen LogP) is 4.24. The highest BCUT2D eigenvalue weighted by Crippen LogP contribution is 2.34. The Hall–Kier alpha value is -2.59. The van der Waals surface area contributed by atoms with Gasteiger partial charge < -0.3 is 10.6 Å². The van der Waals surface area contributed by atoms with Crippen molar-refractivity contribution in [2.45, 2.75) is 37.3 Å². The van der Waals surface area contributed by atoms with E-state index in [2.05, 4.69) is 10.6 Å². The van der Waals surface area contributed by atoms with Gasteiger partial charge in [-0.3, -0.25) is 4.79 Å². The summed E-state index contributed by atoms with van der Waals surface area (Å²) >= 11 is 0. The van der Waals surface area contributed by atoms with Crippen LogP contribution in [0.2, 0.25) is 0 Å². The van der Waals surface area contributed by atoms with E-state index in [-0.39, 0.29) is 17.1 Å². The molecule has 0 radical (unpaired) electrons. The zero-order valence-electron chi connectivity index (χ0n) is 17.0. The number of hydrogen-bond donors (Lipinski definition) is 2. The zero-order valence-corrected chi connectivity index (χ0v) is 17.8. The van der Waals surface area contributed by atoms with Gasteiger partial charge in [-0.15, -0.1) is 0 Å². The summed E-state index contributed by atoms with van der Waals surface area (Å²) in [6, 6.07) is 9.32. The fourth-order valence-corrected chi connectivity index (χ4v) is 4.96. The summed E-state index contributed by atoms with van der Waals surface area (Å²) < 4.78 is 66.5. The maximum Gasteiger partial charge on any atom is 0.418 e. The second-order valence-electron chi connectivity index (χ2n) is 7.39. The van der Waals surface area contributed by atoms with Crippen LogP contribution in [0.1, 0.15) is 30.4 Å². The molecule has 1 fully saturated rings. The van der Waals surface area contributed by atoms with E-state index in [0.717, 1.165) is 25.3 Å². The average molecular weight is 456 g/mol. The van der Waals surface area contributed by atoms with Gasteiger partial charge in [-0.25, -0.2) is 8.42 Å². The number of carbonyl (C=O) groups is 1. The second-order valence-corrected chi connectivity index (χ2v) is 9.32. The highest BCUT2D eigenvalue weighted by molar-refractivity contribution is 7.89. The standard InChI is InChI=1S/C21H24F3N3O3S/c1-15-9-10-16(31(29,30)27-11-5-2-6-12-27)13-19(15)25-14-20(28)26-18-8-4-3-7-17(18)21(22,23)24/h3-4,7-10,13,25H,2,5-6,11-12,14H2,1H3,(H,26,28). The van der Waals surface area contributed by atoms with Crippen LogP contribution in [0, 0.1) is 6.92 Å². The first-order valence-corrected chi connectivity index (χ1v) is 11.3. The third-order valence-electron chi connectivity index (χ3n) is 5.11. The molecule has 1 heterocycles. The number of alkyl halides is 3. The van der Waals surface area contributed by atoms with Crippen LogP contribution in [0.4, 0.5) is 24.5 Å². The Kier molecular flexibility index (Phi) is 6.90. The van der Waals surface area contributed by atoms with Gasteiger partial charge in [0.25, 0.3) is 0 Å². The Bertz CT molecular complexity index is 1050. The van der Waals surface area contributed by atoms with Gasteiger partial charge >= 0.3 is 6.18 Å². The number of rotatable bonds is 6. The summed E-state index contributed by atoms with van der Waals surface area (Å²) in [5.74, 6) is -0.680. The maximum absolute atomic E-state index is 13.1. The number of hydrogen-bond acceptors (Lipinski definition) is 4. The third kappa shape index (κ3) is 5.56. The molecular weight excluding hydrogens is 431 g/mol. The van der Waals surface area contributed by atoms with E-state index in [1.165, 1.54) is 34.6 Å². The predicted molar refractivity (Wildman–Crippen MR) is 112 cm³/mol. The number of para-hydroxylation sites is 1. The maximum atomic E-state index is 13.1. The fraction of sp³-hybridized carbons (Fsp3) is 0.381. The highest BCUT2D eigenvalue weighted by atomic mass is 32.2. The molecular formula is C21H24F3N3O3S. The molecule has 10 heteroatoms. The topological polar surface area (TPSA) is 78.5 Å². The van der Waals surface area contributed by atoms with Gasteiger partial charge in [-0.05, 0) is 49.6 Å². The van der Waals surface area contributed by atoms with Crippen LogP contribution < -0.4 is 10.6 Å². The molecule has 168 valence electrons. The lowest BCUT2D eigenvalue weighted by Crippen LogP contribution is -2.35. The summed E-state index contributed by atoms with van der Waals surface area (Å²) in [5.41, 5.74) is -0.132. The van der Waals surface area contributed by atoms with Gasteiger partial charge in [-0.2, -0.15) is 17.5 Å². The molecule has 31 heavy (non-hydrogen) atoms. The number of aryl methyl sites for hydroxylation is 1. The third-order valence-corrected chi connectivity index (χ3v) is 7.00. The number of nitrogens with one attached hydrogen (secondary N) is 2. The Balaban J connectivity index is 1.71. The molecule has 0 unspecified atom stereocenters. The van der Waals surface area contributed by atoms with Crippen molar-refractivity contribution in [1.82, 2.24) is 4.31 Å². The molecule has 1 saturated heterocycles. The molecule has 0 bridgehead atoms. The molecule has 1 amide bonds. The van der Waals surface area contributed by atoms with Crippen LogP contribution in [0.15, 0.2) is 47.4 Å². The number of amides is 1. The smallest absolute Gasteiger partial charge is 0.376 e. The quantitative estimate of drug-likeness (QED) is 0.683. The molecule has 3 rings (SSSR count). The molecule has 2 N–H and O–H groups in total. The number of anilines is 2. The second kappa shape index (κ2) is 9.27. The average Bonchev–Trinajstić information content (AvgIpc) is 2.73. The summed E-state index contributed by atoms with van der Waals surface area (Å²) in [5, 5.41) is 5.09. The first-order valence-electron chi connectivity index (χ1n) is 9.90. The van der Waals surface area contributed by atoms with Crippen molar-refractivity contribution < 1.29 is 26.4 Å². The Morgan fingerprint density at radius 2 is 1.71 bits per heavy atom. The van der Waals surface area contributed by atoms with Gasteiger partial charge in [-0.1, -0.05) is 24.6 Å². The van der Waals surface area contributed by atoms with E-state index in [0.29, 0.717) is 24.3 Å². The SMILES string of the molecule is Cc1ccc(S(=O)(=O)N2CCCCC2)cc1NCC(=O)Nc1ccccc1C(F)(F)F. The lowest BCUT2D eigenvalue weighted by Gasteiger charge is -2.26. The Morgan fingerprint density at radius 1 is 1.03 bits per heavy atom. The molecule has 2 aromatic rings. The van der Waals surface area contributed by atoms with Crippen molar-refractivity contribution in [3.63, 3.8) is 0 Å². The molecule has 1 aliphatic rings. The minimum atomic E-state index is -4.59. The fourth-order valence-electron chi connectivity index (χ4n) is 3.42. The van der Waals surface area contributed by atoms with Gasteiger partial charge in [0.15, 0.2) is 0 Å². The summed E-state index contributed by atoms with van der Waals surface area (Å²) in [4.78, 5) is 12.4. The number of sulfonamides is 1. The first-order chi connectivity index (χ1) is 14.6. The number of piperidine rings is 1. The van der Waals surface area contributed by atoms with Gasteiger partial charge in [0.2, 0.25) is 15.9 Å². The highest BCUT2D eigenvalue weighted by Gasteiger charge is 2.33. The largest absolute Gasteiger partial charge is 0.418 e. The van der Waals surface area contributed by atoms with Crippen LogP contribution >= 0.6 is 0 Å². The van der Waals surface area contributed by atoms with E-state index < -0.39 is 27.7 Å². The van der Waals surface area contributed by atoms with Crippen LogP contribution in [0.5, 0.6) is 0 Å². The Morgan fingerprint density at radius 3 is 2.39 bits per heavy atom. The lowest BCUT2D eigenvalue weighted by molar-refractivity contribution is -0.137. The monoisotopic (exact) mass is 455 g/mol. The van der Waals surface area contributed by atoms with Crippen LogP contribution in [-0.4, -0.2) is 38.3 Å². The van der Waals surface area contributed by atoms with Crippen molar-refractivity contribution in [3.8, 4) is 0 Å². The lowest BCUT2D eigenvalue weighted by atomic mass is 10.1. The van der Waals surface area contributed by atoms with E-state index in [9.17, 15) is 26.4 Å². The number of benzene rings is 2.